The number of rotatable bonds is 1. The Labute approximate surface area is 65.5 Å². The zero-order chi connectivity index (χ0) is 7.68. The molecule has 0 aliphatic heterocycles. The first-order valence-electron chi connectivity index (χ1n) is 3.83. The number of aromatic nitrogens is 2. The van der Waals surface area contributed by atoms with E-state index in [2.05, 4.69) is 30.2 Å². The summed E-state index contributed by atoms with van der Waals surface area (Å²) in [4.78, 5) is 0. The van der Waals surface area contributed by atoms with Gasteiger partial charge in [0.15, 0.2) is 0 Å². The summed E-state index contributed by atoms with van der Waals surface area (Å²) in [6.07, 6.45) is 2.85. The van der Waals surface area contributed by atoms with Crippen LogP contribution in [0.25, 0.3) is 5.52 Å². The lowest BCUT2D eigenvalue weighted by molar-refractivity contribution is 0.865. The van der Waals surface area contributed by atoms with Crippen molar-refractivity contribution < 1.29 is 0 Å². The number of pyridine rings is 1. The fourth-order valence-electron chi connectivity index (χ4n) is 1.28. The molecule has 0 radical (unpaired) electrons. The SMILES string of the molecule is CCc1cccc2ccnn12. The van der Waals surface area contributed by atoms with Crippen molar-refractivity contribution in [3.8, 4) is 0 Å². The maximum absolute atomic E-state index is 4.21. The maximum atomic E-state index is 4.21. The molecular formula is C9H10N2. The fraction of sp³-hybridized carbons (Fsp3) is 0.222. The summed E-state index contributed by atoms with van der Waals surface area (Å²) < 4.78 is 1.97. The molecule has 0 unspecified atom stereocenters. The Bertz CT molecular complexity index is 362. The molecule has 2 heteroatoms. The minimum Gasteiger partial charge on any atom is -0.238 e. The first-order chi connectivity index (χ1) is 5.42. The second kappa shape index (κ2) is 2.38. The average Bonchev–Trinajstić information content (AvgIpc) is 2.50. The molecule has 2 heterocycles. The van der Waals surface area contributed by atoms with Gasteiger partial charge in [0.2, 0.25) is 0 Å². The van der Waals surface area contributed by atoms with Crippen LogP contribution < -0.4 is 0 Å². The molecule has 0 aliphatic rings. The first kappa shape index (κ1) is 6.40. The van der Waals surface area contributed by atoms with Crippen LogP contribution in [0.2, 0.25) is 0 Å². The molecule has 0 N–H and O–H groups in total. The number of fused-ring (bicyclic) bond motifs is 1. The zero-order valence-corrected chi connectivity index (χ0v) is 6.49. The molecule has 2 aromatic heterocycles. The van der Waals surface area contributed by atoms with Crippen molar-refractivity contribution in [2.75, 3.05) is 0 Å². The van der Waals surface area contributed by atoms with E-state index >= 15 is 0 Å². The zero-order valence-electron chi connectivity index (χ0n) is 6.49. The van der Waals surface area contributed by atoms with E-state index in [1.54, 1.807) is 0 Å². The predicted octanol–water partition coefficient (Wildman–Crippen LogP) is 1.90. The van der Waals surface area contributed by atoms with Gasteiger partial charge in [-0.2, -0.15) is 5.10 Å². The Hall–Kier alpha value is -1.31. The minimum atomic E-state index is 1.03. The monoisotopic (exact) mass is 146 g/mol. The number of hydrogen-bond donors (Lipinski definition) is 0. The molecule has 11 heavy (non-hydrogen) atoms. The van der Waals surface area contributed by atoms with Crippen molar-refractivity contribution in [2.45, 2.75) is 13.3 Å². The lowest BCUT2D eigenvalue weighted by atomic mass is 10.3. The normalized spacial score (nSPS) is 10.6. The summed E-state index contributed by atoms with van der Waals surface area (Å²) in [7, 11) is 0. The van der Waals surface area contributed by atoms with Crippen LogP contribution in [0.1, 0.15) is 12.6 Å². The van der Waals surface area contributed by atoms with Gasteiger partial charge in [-0.3, -0.25) is 0 Å². The van der Waals surface area contributed by atoms with Gasteiger partial charge in [0.1, 0.15) is 0 Å². The van der Waals surface area contributed by atoms with Gasteiger partial charge >= 0.3 is 0 Å². The van der Waals surface area contributed by atoms with Crippen LogP contribution >= 0.6 is 0 Å². The standard InChI is InChI=1S/C9H10N2/c1-2-8-4-3-5-9-6-7-10-11(8)9/h3-7H,2H2,1H3. The van der Waals surface area contributed by atoms with Crippen molar-refractivity contribution in [2.24, 2.45) is 0 Å². The van der Waals surface area contributed by atoms with E-state index in [-0.39, 0.29) is 0 Å². The molecule has 0 atom stereocenters. The second-order valence-corrected chi connectivity index (χ2v) is 2.54. The third-order valence-electron chi connectivity index (χ3n) is 1.86. The van der Waals surface area contributed by atoms with Crippen LogP contribution in [-0.4, -0.2) is 9.61 Å². The number of nitrogens with zero attached hydrogens (tertiary/aromatic N) is 2. The van der Waals surface area contributed by atoms with Crippen molar-refractivity contribution in [1.82, 2.24) is 9.61 Å². The Balaban J connectivity index is 2.79. The summed E-state index contributed by atoms with van der Waals surface area (Å²) in [5.74, 6) is 0. The molecule has 56 valence electrons. The molecule has 0 saturated carbocycles. The van der Waals surface area contributed by atoms with Gasteiger partial charge in [0, 0.05) is 11.9 Å². The van der Waals surface area contributed by atoms with Crippen LogP contribution in [0.5, 0.6) is 0 Å². The third-order valence-corrected chi connectivity index (χ3v) is 1.86. The molecule has 0 spiro atoms. The van der Waals surface area contributed by atoms with E-state index in [0.717, 1.165) is 6.42 Å². The molecule has 2 nitrogen and oxygen atoms in total. The van der Waals surface area contributed by atoms with Crippen LogP contribution in [0.4, 0.5) is 0 Å². The molecule has 0 amide bonds. The van der Waals surface area contributed by atoms with Gasteiger partial charge in [-0.05, 0) is 24.6 Å². The summed E-state index contributed by atoms with van der Waals surface area (Å²) in [6.45, 7) is 2.14. The lowest BCUT2D eigenvalue weighted by Crippen LogP contribution is -1.94. The van der Waals surface area contributed by atoms with Crippen LogP contribution in [0.3, 0.4) is 0 Å². The van der Waals surface area contributed by atoms with Crippen LogP contribution in [-0.2, 0) is 6.42 Å². The van der Waals surface area contributed by atoms with Gasteiger partial charge in [0.25, 0.3) is 0 Å². The minimum absolute atomic E-state index is 1.03. The van der Waals surface area contributed by atoms with E-state index in [9.17, 15) is 0 Å². The Morgan fingerprint density at radius 3 is 3.09 bits per heavy atom. The summed E-state index contributed by atoms with van der Waals surface area (Å²) in [5.41, 5.74) is 2.43. The van der Waals surface area contributed by atoms with Gasteiger partial charge in [-0.25, -0.2) is 4.52 Å². The van der Waals surface area contributed by atoms with E-state index in [1.807, 2.05) is 16.8 Å². The second-order valence-electron chi connectivity index (χ2n) is 2.54. The predicted molar refractivity (Wildman–Crippen MR) is 44.6 cm³/mol. The van der Waals surface area contributed by atoms with Gasteiger partial charge < -0.3 is 0 Å². The van der Waals surface area contributed by atoms with Crippen molar-refractivity contribution in [1.29, 1.82) is 0 Å². The first-order valence-corrected chi connectivity index (χ1v) is 3.83. The highest BCUT2D eigenvalue weighted by atomic mass is 15.2. The van der Waals surface area contributed by atoms with Gasteiger partial charge in [-0.1, -0.05) is 13.0 Å². The Morgan fingerprint density at radius 1 is 1.36 bits per heavy atom. The molecule has 2 aromatic rings. The third kappa shape index (κ3) is 0.909. The lowest BCUT2D eigenvalue weighted by Gasteiger charge is -1.99. The molecule has 0 aromatic carbocycles. The van der Waals surface area contributed by atoms with E-state index in [0.29, 0.717) is 0 Å². The molecule has 0 aliphatic carbocycles. The fourth-order valence-corrected chi connectivity index (χ4v) is 1.28. The highest BCUT2D eigenvalue weighted by Crippen LogP contribution is 2.05. The van der Waals surface area contributed by atoms with Crippen molar-refractivity contribution in [3.05, 3.63) is 36.2 Å². The summed E-state index contributed by atoms with van der Waals surface area (Å²) in [5, 5.41) is 4.21. The number of hydrogen-bond acceptors (Lipinski definition) is 1. The largest absolute Gasteiger partial charge is 0.238 e. The molecule has 2 rings (SSSR count). The van der Waals surface area contributed by atoms with Gasteiger partial charge in [0.05, 0.1) is 5.52 Å². The van der Waals surface area contributed by atoms with E-state index in [1.165, 1.54) is 11.2 Å². The quantitative estimate of drug-likeness (QED) is 0.600. The van der Waals surface area contributed by atoms with Crippen LogP contribution in [0, 0.1) is 0 Å². The molecule has 0 saturated heterocycles. The Morgan fingerprint density at radius 2 is 2.27 bits per heavy atom. The topological polar surface area (TPSA) is 17.3 Å². The van der Waals surface area contributed by atoms with Crippen molar-refractivity contribution >= 4 is 5.52 Å². The summed E-state index contributed by atoms with van der Waals surface area (Å²) in [6, 6.07) is 8.24. The average molecular weight is 146 g/mol. The van der Waals surface area contributed by atoms with Crippen molar-refractivity contribution in [3.63, 3.8) is 0 Å². The smallest absolute Gasteiger partial charge is 0.0664 e. The number of aryl methyl sites for hydroxylation is 1. The molecule has 0 bridgehead atoms. The van der Waals surface area contributed by atoms with Gasteiger partial charge in [-0.15, -0.1) is 0 Å². The highest BCUT2D eigenvalue weighted by molar-refractivity contribution is 5.46. The van der Waals surface area contributed by atoms with E-state index < -0.39 is 0 Å². The highest BCUT2D eigenvalue weighted by Gasteiger charge is 1.95. The summed E-state index contributed by atoms with van der Waals surface area (Å²) >= 11 is 0. The maximum Gasteiger partial charge on any atom is 0.0664 e. The Kier molecular flexibility index (Phi) is 1.39. The van der Waals surface area contributed by atoms with E-state index in [4.69, 9.17) is 0 Å². The molecule has 0 fully saturated rings. The van der Waals surface area contributed by atoms with Crippen LogP contribution in [0.15, 0.2) is 30.5 Å². The molecular weight excluding hydrogens is 136 g/mol.